The van der Waals surface area contributed by atoms with Crippen LogP contribution in [0.2, 0.25) is 0 Å². The van der Waals surface area contributed by atoms with Crippen LogP contribution in [0.3, 0.4) is 0 Å². The number of nitrogens with one attached hydrogen (secondary N) is 1. The maximum absolute atomic E-state index is 12.5. The molecule has 4 nitrogen and oxygen atoms in total. The van der Waals surface area contributed by atoms with Crippen molar-refractivity contribution in [3.8, 4) is 0 Å². The van der Waals surface area contributed by atoms with E-state index in [2.05, 4.69) is 11.3 Å². The predicted octanol–water partition coefficient (Wildman–Crippen LogP) is 3.24. The molecule has 0 saturated heterocycles. The Morgan fingerprint density at radius 3 is 2.43 bits per heavy atom. The van der Waals surface area contributed by atoms with Gasteiger partial charge in [0.05, 0.1) is 22.3 Å². The van der Waals surface area contributed by atoms with E-state index in [0.29, 0.717) is 5.57 Å². The van der Waals surface area contributed by atoms with Crippen LogP contribution < -0.4 is 4.72 Å². The summed E-state index contributed by atoms with van der Waals surface area (Å²) in [7, 11) is -1.42. The molecule has 126 valence electrons. The molecule has 1 rings (SSSR count). The van der Waals surface area contributed by atoms with E-state index in [4.69, 9.17) is 4.74 Å². The molecule has 0 aliphatic carbocycles. The Bertz CT molecular complexity index is 588. The third kappa shape index (κ3) is 5.77. The van der Waals surface area contributed by atoms with Gasteiger partial charge in [-0.25, -0.2) is 13.7 Å². The van der Waals surface area contributed by atoms with Gasteiger partial charge in [-0.2, -0.15) is 0 Å². The molecule has 2 atom stereocenters. The van der Waals surface area contributed by atoms with E-state index in [9.17, 15) is 9.00 Å². The molecule has 0 heterocycles. The van der Waals surface area contributed by atoms with Crippen molar-refractivity contribution in [2.24, 2.45) is 0 Å². The Labute approximate surface area is 141 Å². The first-order valence-electron chi connectivity index (χ1n) is 7.54. The largest absolute Gasteiger partial charge is 0.465 e. The molecule has 23 heavy (non-hydrogen) atoms. The van der Waals surface area contributed by atoms with E-state index < -0.39 is 27.7 Å². The third-order valence-corrected chi connectivity index (χ3v) is 4.58. The summed E-state index contributed by atoms with van der Waals surface area (Å²) < 4.78 is 20.0. The summed E-state index contributed by atoms with van der Waals surface area (Å²) in [6.07, 6.45) is 3.35. The number of ether oxygens (including phenoxy) is 1. The fourth-order valence-electron chi connectivity index (χ4n) is 1.86. The minimum Gasteiger partial charge on any atom is -0.465 e. The van der Waals surface area contributed by atoms with Gasteiger partial charge < -0.3 is 4.74 Å². The summed E-state index contributed by atoms with van der Waals surface area (Å²) in [5.41, 5.74) is 1.53. The van der Waals surface area contributed by atoms with Crippen molar-refractivity contribution < 1.29 is 13.7 Å². The maximum Gasteiger partial charge on any atom is 0.328 e. The van der Waals surface area contributed by atoms with Crippen LogP contribution in [0.25, 0.3) is 5.57 Å². The normalized spacial score (nSPS) is 14.9. The maximum atomic E-state index is 12.5. The van der Waals surface area contributed by atoms with Gasteiger partial charge in [0.25, 0.3) is 0 Å². The molecule has 5 heteroatoms. The standard InChI is InChI=1S/C18H25NO3S/c1-6-11-15(14-12-9-8-10-13-14)16(17(20)22-7-2)19-23(21)18(3,4)5/h6,8-13,16,19H,1,7H2,2-5H3/b15-11+. The molecule has 0 aliphatic heterocycles. The second-order valence-electron chi connectivity index (χ2n) is 5.91. The van der Waals surface area contributed by atoms with Crippen LogP contribution >= 0.6 is 0 Å². The van der Waals surface area contributed by atoms with Crippen molar-refractivity contribution in [1.29, 1.82) is 0 Å². The van der Waals surface area contributed by atoms with Crippen LogP contribution in [0.1, 0.15) is 33.3 Å². The summed E-state index contributed by atoms with van der Waals surface area (Å²) in [6.45, 7) is 11.2. The summed E-state index contributed by atoms with van der Waals surface area (Å²) in [4.78, 5) is 12.4. The van der Waals surface area contributed by atoms with Gasteiger partial charge in [0.15, 0.2) is 0 Å². The Hall–Kier alpha value is -1.72. The highest BCUT2D eigenvalue weighted by Gasteiger charge is 2.30. The SMILES string of the molecule is C=C/C=C(\c1ccccc1)C(NS(=O)C(C)(C)C)C(=O)OCC. The van der Waals surface area contributed by atoms with E-state index in [0.717, 1.165) is 5.56 Å². The first-order chi connectivity index (χ1) is 10.8. The fraction of sp³-hybridized carbons (Fsp3) is 0.389. The minimum atomic E-state index is -1.42. The van der Waals surface area contributed by atoms with Gasteiger partial charge in [-0.05, 0) is 38.8 Å². The molecule has 0 amide bonds. The summed E-state index contributed by atoms with van der Waals surface area (Å²) >= 11 is 0. The Morgan fingerprint density at radius 1 is 1.35 bits per heavy atom. The lowest BCUT2D eigenvalue weighted by atomic mass is 9.98. The number of hydrogen-bond acceptors (Lipinski definition) is 3. The van der Waals surface area contributed by atoms with Gasteiger partial charge in [0.2, 0.25) is 0 Å². The number of hydrogen-bond donors (Lipinski definition) is 1. The monoisotopic (exact) mass is 335 g/mol. The smallest absolute Gasteiger partial charge is 0.328 e. The summed E-state index contributed by atoms with van der Waals surface area (Å²) in [6, 6.07) is 8.63. The van der Waals surface area contributed by atoms with Crippen LogP contribution in [-0.2, 0) is 20.5 Å². The summed E-state index contributed by atoms with van der Waals surface area (Å²) in [5, 5.41) is 0. The van der Waals surface area contributed by atoms with Crippen molar-refractivity contribution in [3.63, 3.8) is 0 Å². The third-order valence-electron chi connectivity index (χ3n) is 3.02. The quantitative estimate of drug-likeness (QED) is 0.615. The summed E-state index contributed by atoms with van der Waals surface area (Å²) in [5.74, 6) is -0.456. The average molecular weight is 335 g/mol. The van der Waals surface area contributed by atoms with E-state index in [1.807, 2.05) is 51.1 Å². The second kappa shape index (κ2) is 8.79. The van der Waals surface area contributed by atoms with Crippen molar-refractivity contribution in [2.45, 2.75) is 38.5 Å². The van der Waals surface area contributed by atoms with Gasteiger partial charge in [0, 0.05) is 0 Å². The Kier molecular flexibility index (Phi) is 7.39. The van der Waals surface area contributed by atoms with Crippen molar-refractivity contribution in [2.75, 3.05) is 6.61 Å². The molecule has 0 saturated carbocycles. The molecular weight excluding hydrogens is 310 g/mol. The Morgan fingerprint density at radius 2 is 1.96 bits per heavy atom. The van der Waals surface area contributed by atoms with Gasteiger partial charge in [-0.3, -0.25) is 0 Å². The number of allylic oxidation sites excluding steroid dienone is 2. The molecule has 0 spiro atoms. The second-order valence-corrected chi connectivity index (χ2v) is 7.91. The number of carbonyl (C=O) groups is 1. The van der Waals surface area contributed by atoms with Gasteiger partial charge in [-0.15, -0.1) is 0 Å². The first kappa shape index (κ1) is 19.3. The van der Waals surface area contributed by atoms with Crippen LogP contribution in [0, 0.1) is 0 Å². The van der Waals surface area contributed by atoms with Crippen LogP contribution in [0.15, 0.2) is 49.1 Å². The van der Waals surface area contributed by atoms with Crippen molar-refractivity contribution >= 4 is 22.5 Å². The van der Waals surface area contributed by atoms with Gasteiger partial charge in [-0.1, -0.05) is 49.1 Å². The average Bonchev–Trinajstić information content (AvgIpc) is 2.50. The lowest BCUT2D eigenvalue weighted by Gasteiger charge is -2.25. The zero-order valence-corrected chi connectivity index (χ0v) is 15.0. The number of esters is 1. The zero-order valence-electron chi connectivity index (χ0n) is 14.2. The molecule has 2 unspecified atom stereocenters. The zero-order chi connectivity index (χ0) is 17.5. The molecule has 0 fully saturated rings. The fourth-order valence-corrected chi connectivity index (χ4v) is 2.66. The lowest BCUT2D eigenvalue weighted by Crippen LogP contribution is -2.45. The van der Waals surface area contributed by atoms with Crippen LogP contribution in [0.4, 0.5) is 0 Å². The molecule has 0 aliphatic rings. The van der Waals surface area contributed by atoms with E-state index >= 15 is 0 Å². The van der Waals surface area contributed by atoms with Crippen LogP contribution in [0.5, 0.6) is 0 Å². The van der Waals surface area contributed by atoms with Crippen molar-refractivity contribution in [1.82, 2.24) is 4.72 Å². The first-order valence-corrected chi connectivity index (χ1v) is 8.69. The number of rotatable bonds is 7. The highest BCUT2D eigenvalue weighted by molar-refractivity contribution is 7.84. The minimum absolute atomic E-state index is 0.259. The molecule has 1 aromatic carbocycles. The highest BCUT2D eigenvalue weighted by atomic mass is 32.2. The topological polar surface area (TPSA) is 55.4 Å². The Balaban J connectivity index is 3.24. The molecule has 0 radical (unpaired) electrons. The van der Waals surface area contributed by atoms with E-state index in [-0.39, 0.29) is 6.61 Å². The predicted molar refractivity (Wildman–Crippen MR) is 96.1 cm³/mol. The van der Waals surface area contributed by atoms with E-state index in [1.165, 1.54) is 0 Å². The van der Waals surface area contributed by atoms with E-state index in [1.54, 1.807) is 19.1 Å². The highest BCUT2D eigenvalue weighted by Crippen LogP contribution is 2.22. The van der Waals surface area contributed by atoms with Gasteiger partial charge >= 0.3 is 5.97 Å². The van der Waals surface area contributed by atoms with Gasteiger partial charge in [0.1, 0.15) is 6.04 Å². The molecular formula is C18H25NO3S. The molecule has 1 N–H and O–H groups in total. The number of benzene rings is 1. The number of carbonyl (C=O) groups excluding carboxylic acids is 1. The van der Waals surface area contributed by atoms with Crippen LogP contribution in [-0.4, -0.2) is 27.6 Å². The lowest BCUT2D eigenvalue weighted by molar-refractivity contribution is -0.143. The van der Waals surface area contributed by atoms with Crippen molar-refractivity contribution in [3.05, 3.63) is 54.6 Å². The molecule has 1 aromatic rings. The molecule has 0 bridgehead atoms. The molecule has 0 aromatic heterocycles.